The summed E-state index contributed by atoms with van der Waals surface area (Å²) in [7, 11) is 0. The molecule has 0 radical (unpaired) electrons. The summed E-state index contributed by atoms with van der Waals surface area (Å²) in [5.74, 6) is -0.912. The molecule has 2 aromatic heterocycles. The van der Waals surface area contributed by atoms with Gasteiger partial charge in [-0.2, -0.15) is 0 Å². The molecule has 2 atom stereocenters. The predicted octanol–water partition coefficient (Wildman–Crippen LogP) is 8.79. The molecule has 0 spiro atoms. The van der Waals surface area contributed by atoms with Crippen molar-refractivity contribution < 1.29 is 57.2 Å². The molecule has 97 heavy (non-hydrogen) atoms. The van der Waals surface area contributed by atoms with E-state index in [0.29, 0.717) is 68.5 Å². The molecule has 0 saturated carbocycles. The predicted molar refractivity (Wildman–Crippen MR) is 375 cm³/mol. The number of aromatic nitrogens is 3. The van der Waals surface area contributed by atoms with Crippen LogP contribution >= 0.6 is 0 Å². The number of imidazole rings is 1. The van der Waals surface area contributed by atoms with Crippen molar-refractivity contribution in [3.63, 3.8) is 0 Å². The van der Waals surface area contributed by atoms with Crippen molar-refractivity contribution in [3.05, 3.63) is 167 Å². The lowest BCUT2D eigenvalue weighted by Crippen LogP contribution is -2.54. The summed E-state index contributed by atoms with van der Waals surface area (Å²) in [6.07, 6.45) is 5.23. The lowest BCUT2D eigenvalue weighted by molar-refractivity contribution is -0.132. The van der Waals surface area contributed by atoms with Crippen LogP contribution in [0.4, 0.5) is 26.8 Å². The molecular weight excluding hydrogens is 1240 g/mol. The molecule has 0 aliphatic carbocycles. The van der Waals surface area contributed by atoms with Gasteiger partial charge in [-0.15, -0.1) is 0 Å². The number of aryl methyl sites for hydroxylation is 2. The number of benzene rings is 5. The Morgan fingerprint density at radius 3 is 1.99 bits per heavy atom. The maximum Gasteiger partial charge on any atom is 0.407 e. The standard InChI is InChI=1S/C73H94N12O12/c1-6-9-24-62-82-67-68(58-20-13-14-21-59(58)80-69(67)74)85(62)47-52-27-25-51(26-28-52)46-78-73(92)97-49-53-29-31-57(32-30-53)79-70(89)60(22-16-36-77-72(75)91)81-71(90)66(50(4)5)83-64(87)35-38-93-40-42-95-44-45-96-43-41-94-39-37-76-63(86)33-34-65(88)84(61-23-15-12-18-55(61)8-3)48-56-19-11-10-17-54(56)7-2/h7,10-15,17-21,23,25-32,50,60,66H,2,6,8-9,16,22,24,33-49H2,1,3-5H3,(H2,74,80)(H,76,86)(H,78,92)(H,79,89)(H,81,90)(H,83,87)(H3,75,77,91)/t60-,66-/m0/s1. The van der Waals surface area contributed by atoms with E-state index in [1.54, 1.807) is 49.1 Å². The molecule has 10 N–H and O–H groups in total. The quantitative estimate of drug-likeness (QED) is 0.0166. The number of carbonyl (C=O) groups is 7. The number of nitrogens with two attached hydrogens (primary N) is 2. The molecule has 518 valence electrons. The van der Waals surface area contributed by atoms with Crippen molar-refractivity contribution in [1.82, 2.24) is 41.1 Å². The highest BCUT2D eigenvalue weighted by atomic mass is 16.6. The van der Waals surface area contributed by atoms with Crippen LogP contribution in [0.3, 0.4) is 0 Å². The summed E-state index contributed by atoms with van der Waals surface area (Å²) in [5.41, 5.74) is 20.9. The van der Waals surface area contributed by atoms with Gasteiger partial charge in [0.25, 0.3) is 0 Å². The number of alkyl carbamates (subject to hydrolysis) is 1. The lowest BCUT2D eigenvalue weighted by atomic mass is 10.0. The van der Waals surface area contributed by atoms with Crippen LogP contribution < -0.4 is 48.3 Å². The molecule has 0 saturated heterocycles. The minimum absolute atomic E-state index is 0.0350. The molecule has 0 aliphatic rings. The van der Waals surface area contributed by atoms with Gasteiger partial charge in [0.1, 0.15) is 30.0 Å². The molecule has 0 fully saturated rings. The van der Waals surface area contributed by atoms with Gasteiger partial charge in [0, 0.05) is 68.6 Å². The number of pyridine rings is 1. The SMILES string of the molecule is C=Cc1ccccc1CN(C(=O)CCC(=O)NCCOCCOCCOCCOCCC(=O)N[C@H](C(=O)N[C@@H](CCCNC(N)=O)C(=O)Nc1ccc(COC(=O)NCc2ccc(Cn3c(CCCC)nc4c(N)nc5ccccc5c43)cc2)cc1)C(C)C)c1ccccc1CC. The van der Waals surface area contributed by atoms with Gasteiger partial charge in [-0.3, -0.25) is 24.0 Å². The van der Waals surface area contributed by atoms with E-state index in [1.165, 1.54) is 0 Å². The van der Waals surface area contributed by atoms with Crippen molar-refractivity contribution in [2.24, 2.45) is 11.7 Å². The fraction of sp³-hybridized carbons (Fsp3) is 0.411. The minimum atomic E-state index is -1.06. The second-order valence-corrected chi connectivity index (χ2v) is 23.6. The van der Waals surface area contributed by atoms with Crippen LogP contribution in [0.2, 0.25) is 0 Å². The Morgan fingerprint density at radius 2 is 1.30 bits per heavy atom. The second-order valence-electron chi connectivity index (χ2n) is 23.6. The Balaban J connectivity index is 0.742. The fourth-order valence-corrected chi connectivity index (χ4v) is 10.7. The molecule has 5 aromatic carbocycles. The molecule has 2 heterocycles. The van der Waals surface area contributed by atoms with E-state index in [9.17, 15) is 33.6 Å². The van der Waals surface area contributed by atoms with E-state index in [-0.39, 0.29) is 96.1 Å². The number of unbranched alkanes of at least 4 members (excludes halogenated alkanes) is 1. The molecule has 7 rings (SSSR count). The first kappa shape index (κ1) is 74.6. The minimum Gasteiger partial charge on any atom is -0.445 e. The van der Waals surface area contributed by atoms with E-state index in [4.69, 9.17) is 40.1 Å². The number of carbonyl (C=O) groups excluding carboxylic acids is 7. The van der Waals surface area contributed by atoms with Crippen LogP contribution in [0.5, 0.6) is 0 Å². The summed E-state index contributed by atoms with van der Waals surface area (Å²) >= 11 is 0. The number of anilines is 3. The summed E-state index contributed by atoms with van der Waals surface area (Å²) in [5, 5.41) is 17.5. The van der Waals surface area contributed by atoms with Crippen molar-refractivity contribution in [2.45, 2.75) is 124 Å². The van der Waals surface area contributed by atoms with Gasteiger partial charge in [0.05, 0.1) is 70.4 Å². The summed E-state index contributed by atoms with van der Waals surface area (Å²) in [4.78, 5) is 102. The van der Waals surface area contributed by atoms with Crippen LogP contribution in [0.25, 0.3) is 28.0 Å². The third-order valence-corrected chi connectivity index (χ3v) is 16.0. The number of fused-ring (bicyclic) bond motifs is 3. The van der Waals surface area contributed by atoms with Crippen LogP contribution in [0.1, 0.15) is 112 Å². The number of nitrogen functional groups attached to an aromatic ring is 1. The van der Waals surface area contributed by atoms with Crippen molar-refractivity contribution >= 4 is 86.9 Å². The molecule has 24 nitrogen and oxygen atoms in total. The van der Waals surface area contributed by atoms with E-state index in [1.807, 2.05) is 104 Å². The number of amides is 8. The Hall–Kier alpha value is -9.75. The number of ether oxygens (including phenoxy) is 5. The van der Waals surface area contributed by atoms with E-state index in [2.05, 4.69) is 55.0 Å². The number of para-hydroxylation sites is 2. The third-order valence-electron chi connectivity index (χ3n) is 16.0. The average Bonchev–Trinajstić information content (AvgIpc) is 1.63. The largest absolute Gasteiger partial charge is 0.445 e. The van der Waals surface area contributed by atoms with Crippen LogP contribution in [0, 0.1) is 5.92 Å². The monoisotopic (exact) mass is 1330 g/mol. The average molecular weight is 1330 g/mol. The van der Waals surface area contributed by atoms with Gasteiger partial charge in [-0.05, 0) is 89.2 Å². The number of urea groups is 1. The van der Waals surface area contributed by atoms with Gasteiger partial charge in [-0.1, -0.05) is 144 Å². The van der Waals surface area contributed by atoms with E-state index >= 15 is 0 Å². The van der Waals surface area contributed by atoms with Gasteiger partial charge in [-0.25, -0.2) is 19.6 Å². The first-order valence-corrected chi connectivity index (χ1v) is 33.3. The summed E-state index contributed by atoms with van der Waals surface area (Å²) < 4.78 is 30.1. The molecular formula is C73H94N12O12. The van der Waals surface area contributed by atoms with Crippen molar-refractivity contribution in [1.29, 1.82) is 0 Å². The normalized spacial score (nSPS) is 11.8. The van der Waals surface area contributed by atoms with E-state index < -0.39 is 41.9 Å². The first-order valence-electron chi connectivity index (χ1n) is 33.3. The molecule has 0 bridgehead atoms. The fourth-order valence-electron chi connectivity index (χ4n) is 10.7. The Morgan fingerprint density at radius 1 is 0.649 bits per heavy atom. The number of primary amides is 1. The van der Waals surface area contributed by atoms with Crippen molar-refractivity contribution in [2.75, 3.05) is 81.9 Å². The van der Waals surface area contributed by atoms with Crippen LogP contribution in [-0.4, -0.2) is 134 Å². The Kier molecular flexibility index (Phi) is 30.7. The summed E-state index contributed by atoms with van der Waals surface area (Å²) in [6, 6.07) is 35.5. The molecule has 24 heteroatoms. The number of hydrogen-bond donors (Lipinski definition) is 8. The van der Waals surface area contributed by atoms with E-state index in [0.717, 1.165) is 81.4 Å². The Bertz CT molecular complexity index is 3710. The zero-order chi connectivity index (χ0) is 69.3. The Labute approximate surface area is 567 Å². The first-order chi connectivity index (χ1) is 47.0. The van der Waals surface area contributed by atoms with Crippen LogP contribution in [0.15, 0.2) is 128 Å². The smallest absolute Gasteiger partial charge is 0.407 e. The zero-order valence-corrected chi connectivity index (χ0v) is 56.2. The third kappa shape index (κ3) is 24.1. The maximum absolute atomic E-state index is 13.7. The van der Waals surface area contributed by atoms with Gasteiger partial charge in [0.15, 0.2) is 5.82 Å². The molecule has 8 amide bonds. The highest BCUT2D eigenvalue weighted by molar-refractivity contribution is 6.06. The highest BCUT2D eigenvalue weighted by Gasteiger charge is 2.29. The van der Waals surface area contributed by atoms with Crippen LogP contribution in [-0.2, 0) is 86.7 Å². The van der Waals surface area contributed by atoms with Gasteiger partial charge < -0.3 is 76.5 Å². The number of nitrogens with zero attached hydrogens (tertiary/aromatic N) is 4. The maximum atomic E-state index is 13.7. The molecule has 0 unspecified atom stereocenters. The molecule has 0 aliphatic heterocycles. The number of nitrogens with one attached hydrogen (secondary N) is 6. The molecule has 7 aromatic rings. The zero-order valence-electron chi connectivity index (χ0n) is 56.2. The van der Waals surface area contributed by atoms with Gasteiger partial charge >= 0.3 is 12.1 Å². The van der Waals surface area contributed by atoms with Crippen molar-refractivity contribution in [3.8, 4) is 0 Å². The topological polar surface area (TPSA) is 324 Å². The number of rotatable bonds is 42. The second kappa shape index (κ2) is 40.0. The summed E-state index contributed by atoms with van der Waals surface area (Å²) in [6.45, 7) is 15.3. The lowest BCUT2D eigenvalue weighted by Gasteiger charge is -2.26. The highest BCUT2D eigenvalue weighted by Crippen LogP contribution is 2.31. The van der Waals surface area contributed by atoms with Gasteiger partial charge in [0.2, 0.25) is 29.5 Å². The number of hydrogen-bond acceptors (Lipinski definition) is 15.